The highest BCUT2D eigenvalue weighted by atomic mass is 32.2. The molecule has 2 unspecified atom stereocenters. The Morgan fingerprint density at radius 2 is 1.77 bits per heavy atom. The molecule has 2 atom stereocenters. The van der Waals surface area contributed by atoms with Crippen molar-refractivity contribution in [2.24, 2.45) is 0 Å². The van der Waals surface area contributed by atoms with Gasteiger partial charge in [-0.1, -0.05) is 12.1 Å². The van der Waals surface area contributed by atoms with Gasteiger partial charge in [-0.15, -0.1) is 0 Å². The van der Waals surface area contributed by atoms with Crippen LogP contribution < -0.4 is 5.32 Å². The van der Waals surface area contributed by atoms with Crippen LogP contribution in [0, 0.1) is 6.92 Å². The largest absolute Gasteiger partial charge is 0.416 e. The zero-order valence-corrected chi connectivity index (χ0v) is 26.2. The lowest BCUT2D eigenvalue weighted by atomic mass is 9.97. The number of carbonyl (C=O) groups is 1. The number of amides is 1. The van der Waals surface area contributed by atoms with Crippen molar-refractivity contribution in [2.45, 2.75) is 75.9 Å². The number of aromatic nitrogens is 2. The number of nitrogens with zero attached hydrogens (tertiary/aromatic N) is 5. The predicted octanol–water partition coefficient (Wildman–Crippen LogP) is 4.10. The summed E-state index contributed by atoms with van der Waals surface area (Å²) in [6, 6.07) is 5.67. The maximum Gasteiger partial charge on any atom is 0.416 e. The van der Waals surface area contributed by atoms with E-state index >= 15 is 0 Å². The van der Waals surface area contributed by atoms with Gasteiger partial charge in [-0.3, -0.25) is 4.79 Å². The second-order valence-electron chi connectivity index (χ2n) is 12.1. The van der Waals surface area contributed by atoms with Gasteiger partial charge in [-0.2, -0.15) is 13.2 Å². The summed E-state index contributed by atoms with van der Waals surface area (Å²) in [6.45, 7) is 5.13. The number of alkyl halides is 3. The number of sulfonamides is 1. The topological polar surface area (TPSA) is 108 Å². The number of benzene rings is 1. The number of anilines is 1. The van der Waals surface area contributed by atoms with E-state index in [-0.39, 0.29) is 18.1 Å². The third kappa shape index (κ3) is 7.52. The van der Waals surface area contributed by atoms with Gasteiger partial charge in [-0.25, -0.2) is 22.7 Å². The molecule has 44 heavy (non-hydrogen) atoms. The zero-order chi connectivity index (χ0) is 31.6. The van der Waals surface area contributed by atoms with Crippen LogP contribution in [0.1, 0.15) is 71.8 Å². The Labute approximate surface area is 257 Å². The molecule has 3 aliphatic rings. The van der Waals surface area contributed by atoms with Crippen LogP contribution in [0.5, 0.6) is 0 Å². The van der Waals surface area contributed by atoms with Gasteiger partial charge in [0, 0.05) is 44.3 Å². The summed E-state index contributed by atoms with van der Waals surface area (Å²) < 4.78 is 70.7. The van der Waals surface area contributed by atoms with Crippen molar-refractivity contribution in [1.29, 1.82) is 0 Å². The monoisotopic (exact) mass is 638 g/mol. The Morgan fingerprint density at radius 1 is 1.07 bits per heavy atom. The minimum atomic E-state index is -4.40. The summed E-state index contributed by atoms with van der Waals surface area (Å²) in [5.41, 5.74) is 0.822. The van der Waals surface area contributed by atoms with E-state index in [4.69, 9.17) is 4.74 Å². The number of piperidine rings is 2. The van der Waals surface area contributed by atoms with Crippen molar-refractivity contribution in [3.05, 3.63) is 53.0 Å². The van der Waals surface area contributed by atoms with Gasteiger partial charge >= 0.3 is 6.18 Å². The highest BCUT2D eigenvalue weighted by Crippen LogP contribution is 2.36. The normalized spacial score (nSPS) is 22.9. The van der Waals surface area contributed by atoms with E-state index in [0.717, 1.165) is 50.9 Å². The molecule has 3 fully saturated rings. The van der Waals surface area contributed by atoms with Gasteiger partial charge in [0.05, 0.1) is 24.0 Å². The molecule has 0 spiro atoms. The highest BCUT2D eigenvalue weighted by molar-refractivity contribution is 7.88. The Kier molecular flexibility index (Phi) is 9.83. The number of halogens is 3. The third-order valence-electron chi connectivity index (χ3n) is 9.28. The molecule has 1 aromatic carbocycles. The average molecular weight is 639 g/mol. The molecule has 3 aliphatic heterocycles. The summed E-state index contributed by atoms with van der Waals surface area (Å²) in [6.07, 6.45) is 2.20. The van der Waals surface area contributed by atoms with Gasteiger partial charge < -0.3 is 19.9 Å². The molecule has 2 aromatic rings. The minimum Gasteiger partial charge on any atom is -0.368 e. The van der Waals surface area contributed by atoms with E-state index in [2.05, 4.69) is 20.2 Å². The molecule has 1 amide bonds. The van der Waals surface area contributed by atoms with Crippen LogP contribution in [0.2, 0.25) is 0 Å². The van der Waals surface area contributed by atoms with E-state index in [1.807, 2.05) is 4.90 Å². The molecule has 0 aliphatic carbocycles. The second-order valence-corrected chi connectivity index (χ2v) is 14.1. The van der Waals surface area contributed by atoms with Crippen LogP contribution in [0.3, 0.4) is 0 Å². The molecule has 3 saturated heterocycles. The Bertz CT molecular complexity index is 1430. The Morgan fingerprint density at radius 3 is 2.43 bits per heavy atom. The number of hydrogen-bond donors (Lipinski definition) is 1. The molecular formula is C30H41F3N6O4S. The van der Waals surface area contributed by atoms with Crippen LogP contribution in [-0.2, 0) is 20.9 Å². The number of nitrogens with one attached hydrogen (secondary N) is 1. The lowest BCUT2D eigenvalue weighted by molar-refractivity contribution is -0.137. The molecule has 0 radical (unpaired) electrons. The summed E-state index contributed by atoms with van der Waals surface area (Å²) in [5, 5.41) is 3.26. The number of hydrogen-bond acceptors (Lipinski definition) is 8. The fourth-order valence-electron chi connectivity index (χ4n) is 6.54. The van der Waals surface area contributed by atoms with Crippen molar-refractivity contribution >= 4 is 21.7 Å². The van der Waals surface area contributed by atoms with Gasteiger partial charge in [0.15, 0.2) is 0 Å². The number of ether oxygens (including phenoxy) is 1. The first-order valence-electron chi connectivity index (χ1n) is 15.2. The smallest absolute Gasteiger partial charge is 0.368 e. The van der Waals surface area contributed by atoms with Crippen LogP contribution in [0.15, 0.2) is 30.6 Å². The lowest BCUT2D eigenvalue weighted by Gasteiger charge is -2.43. The summed E-state index contributed by atoms with van der Waals surface area (Å²) in [5.74, 6) is 0.396. The SMILES string of the molecule is Cc1c(NCC2CCC(c3cccc(C(F)(F)F)c3)O2)ncnc1C(=O)N1CCC(N2CCC(N(C)S(C)(=O)=O)CC2)CC1. The number of carbonyl (C=O) groups excluding carboxylic acids is 1. The van der Waals surface area contributed by atoms with Crippen LogP contribution in [0.4, 0.5) is 19.0 Å². The summed E-state index contributed by atoms with van der Waals surface area (Å²) >= 11 is 0. The second kappa shape index (κ2) is 13.3. The van der Waals surface area contributed by atoms with Crippen molar-refractivity contribution in [1.82, 2.24) is 24.1 Å². The van der Waals surface area contributed by atoms with E-state index < -0.39 is 27.9 Å². The molecule has 1 N–H and O–H groups in total. The van der Waals surface area contributed by atoms with Crippen molar-refractivity contribution < 1.29 is 31.1 Å². The quantitative estimate of drug-likeness (QED) is 0.461. The van der Waals surface area contributed by atoms with Crippen molar-refractivity contribution in [3.63, 3.8) is 0 Å². The summed E-state index contributed by atoms with van der Waals surface area (Å²) in [7, 11) is -1.55. The van der Waals surface area contributed by atoms with Crippen LogP contribution in [-0.4, -0.2) is 103 Å². The summed E-state index contributed by atoms with van der Waals surface area (Å²) in [4.78, 5) is 26.3. The van der Waals surface area contributed by atoms with E-state index in [9.17, 15) is 26.4 Å². The molecule has 5 rings (SSSR count). The number of rotatable bonds is 8. The standard InChI is InChI=1S/C30H41F3N6O4S/c1-20-27(29(40)39-15-11-24(12-16-39)38-13-9-23(10-14-38)37(2)44(3,41)42)35-19-36-28(20)34-18-25-7-8-26(43-25)21-5-4-6-22(17-21)30(31,32)33/h4-6,17,19,23-26H,7-16,18H2,1-3H3,(H,34,35,36). The van der Waals surface area contributed by atoms with Gasteiger partial charge in [-0.05, 0) is 76.2 Å². The molecule has 0 bridgehead atoms. The van der Waals surface area contributed by atoms with E-state index in [1.54, 1.807) is 20.0 Å². The van der Waals surface area contributed by atoms with E-state index in [1.165, 1.54) is 23.0 Å². The molecule has 242 valence electrons. The molecule has 1 aromatic heterocycles. The van der Waals surface area contributed by atoms with Crippen LogP contribution >= 0.6 is 0 Å². The molecule has 4 heterocycles. The molecule has 10 nitrogen and oxygen atoms in total. The van der Waals surface area contributed by atoms with Gasteiger partial charge in [0.2, 0.25) is 10.0 Å². The van der Waals surface area contributed by atoms with Gasteiger partial charge in [0.1, 0.15) is 17.8 Å². The van der Waals surface area contributed by atoms with E-state index in [0.29, 0.717) is 61.2 Å². The maximum atomic E-state index is 13.5. The zero-order valence-electron chi connectivity index (χ0n) is 25.4. The molecule has 0 saturated carbocycles. The van der Waals surface area contributed by atoms with Crippen molar-refractivity contribution in [3.8, 4) is 0 Å². The first kappa shape index (κ1) is 32.6. The van der Waals surface area contributed by atoms with Gasteiger partial charge in [0.25, 0.3) is 5.91 Å². The fourth-order valence-corrected chi connectivity index (χ4v) is 7.29. The third-order valence-corrected chi connectivity index (χ3v) is 10.6. The lowest BCUT2D eigenvalue weighted by Crippen LogP contribution is -2.52. The Hall–Kier alpha value is -2.81. The fraction of sp³-hybridized carbons (Fsp3) is 0.633. The average Bonchev–Trinajstić information content (AvgIpc) is 3.48. The molecular weight excluding hydrogens is 597 g/mol. The Balaban J connectivity index is 1.11. The molecule has 14 heteroatoms. The van der Waals surface area contributed by atoms with Crippen LogP contribution in [0.25, 0.3) is 0 Å². The first-order valence-corrected chi connectivity index (χ1v) is 17.0. The highest BCUT2D eigenvalue weighted by Gasteiger charge is 2.35. The minimum absolute atomic E-state index is 0.0310. The first-order chi connectivity index (χ1) is 20.8. The van der Waals surface area contributed by atoms with Crippen molar-refractivity contribution in [2.75, 3.05) is 51.3 Å². The maximum absolute atomic E-state index is 13.5. The predicted molar refractivity (Wildman–Crippen MR) is 160 cm³/mol. The number of likely N-dealkylation sites (tertiary alicyclic amines) is 2.